The lowest BCUT2D eigenvalue weighted by Crippen LogP contribution is -2.42. The second-order valence-electron chi connectivity index (χ2n) is 9.01. The van der Waals surface area contributed by atoms with Gasteiger partial charge in [0.2, 0.25) is 5.91 Å². The molecule has 1 amide bonds. The van der Waals surface area contributed by atoms with Crippen LogP contribution in [-0.2, 0) is 24.4 Å². The maximum Gasteiger partial charge on any atom is 0.224 e. The summed E-state index contributed by atoms with van der Waals surface area (Å²) in [7, 11) is 0. The fourth-order valence-electron chi connectivity index (χ4n) is 4.74. The van der Waals surface area contributed by atoms with Crippen LogP contribution in [0.4, 0.5) is 0 Å². The number of nitrogens with zero attached hydrogens (tertiary/aromatic N) is 3. The highest BCUT2D eigenvalue weighted by Crippen LogP contribution is 2.23. The van der Waals surface area contributed by atoms with E-state index in [2.05, 4.69) is 45.1 Å². The second-order valence-corrected chi connectivity index (χ2v) is 9.44. The molecule has 1 saturated heterocycles. The van der Waals surface area contributed by atoms with Gasteiger partial charge in [-0.15, -0.1) is 0 Å². The van der Waals surface area contributed by atoms with Crippen LogP contribution < -0.4 is 5.32 Å². The fourth-order valence-corrected chi connectivity index (χ4v) is 4.86. The van der Waals surface area contributed by atoms with E-state index in [0.717, 1.165) is 66.5 Å². The van der Waals surface area contributed by atoms with Crippen LogP contribution in [0, 0.1) is 5.92 Å². The van der Waals surface area contributed by atoms with E-state index in [4.69, 9.17) is 16.6 Å². The molecule has 0 spiro atoms. The lowest BCUT2D eigenvalue weighted by molar-refractivity contribution is -0.127. The zero-order chi connectivity index (χ0) is 23.3. The van der Waals surface area contributed by atoms with E-state index in [1.165, 1.54) is 5.56 Å². The third-order valence-corrected chi connectivity index (χ3v) is 6.79. The molecule has 0 radical (unpaired) electrons. The molecule has 174 valence electrons. The van der Waals surface area contributed by atoms with Crippen LogP contribution in [-0.4, -0.2) is 33.4 Å². The minimum Gasteiger partial charge on any atom is -0.352 e. The van der Waals surface area contributed by atoms with E-state index in [0.29, 0.717) is 6.54 Å². The Balaban J connectivity index is 1.29. The van der Waals surface area contributed by atoms with Gasteiger partial charge < -0.3 is 9.88 Å². The van der Waals surface area contributed by atoms with E-state index in [-0.39, 0.29) is 11.8 Å². The SMILES string of the molecule is O=C(NCc1ccccc1)[C@H]1CCCN(Cc2nc3ccccc3n2Cc2ccc(Cl)cc2)C1. The summed E-state index contributed by atoms with van der Waals surface area (Å²) in [5, 5.41) is 3.87. The van der Waals surface area contributed by atoms with Crippen LogP contribution in [0.5, 0.6) is 0 Å². The molecule has 1 aromatic heterocycles. The molecule has 0 saturated carbocycles. The number of hydrogen-bond donors (Lipinski definition) is 1. The van der Waals surface area contributed by atoms with E-state index in [9.17, 15) is 4.79 Å². The van der Waals surface area contributed by atoms with Crippen molar-refractivity contribution in [3.8, 4) is 0 Å². The Bertz CT molecular complexity index is 1250. The van der Waals surface area contributed by atoms with Gasteiger partial charge in [0.1, 0.15) is 5.82 Å². The molecule has 1 aliphatic rings. The molecular weight excluding hydrogens is 444 g/mol. The van der Waals surface area contributed by atoms with Crippen LogP contribution in [0.1, 0.15) is 29.8 Å². The van der Waals surface area contributed by atoms with Crippen molar-refractivity contribution in [2.24, 2.45) is 5.92 Å². The summed E-state index contributed by atoms with van der Waals surface area (Å²) in [6.07, 6.45) is 1.94. The van der Waals surface area contributed by atoms with Crippen LogP contribution >= 0.6 is 11.6 Å². The number of carbonyl (C=O) groups is 1. The lowest BCUT2D eigenvalue weighted by Gasteiger charge is -2.31. The van der Waals surface area contributed by atoms with E-state index >= 15 is 0 Å². The highest BCUT2D eigenvalue weighted by atomic mass is 35.5. The summed E-state index contributed by atoms with van der Waals surface area (Å²) in [5.74, 6) is 1.18. The van der Waals surface area contributed by atoms with Crippen molar-refractivity contribution in [1.29, 1.82) is 0 Å². The summed E-state index contributed by atoms with van der Waals surface area (Å²) in [4.78, 5) is 20.2. The lowest BCUT2D eigenvalue weighted by atomic mass is 9.97. The van der Waals surface area contributed by atoms with Crippen LogP contribution in [0.25, 0.3) is 11.0 Å². The van der Waals surface area contributed by atoms with Gasteiger partial charge in [0, 0.05) is 24.7 Å². The summed E-state index contributed by atoms with van der Waals surface area (Å²) < 4.78 is 2.29. The highest BCUT2D eigenvalue weighted by molar-refractivity contribution is 6.30. The topological polar surface area (TPSA) is 50.2 Å². The Kier molecular flexibility index (Phi) is 6.93. The molecule has 1 fully saturated rings. The van der Waals surface area contributed by atoms with Gasteiger partial charge in [0.25, 0.3) is 0 Å². The minimum absolute atomic E-state index is 0.00607. The van der Waals surface area contributed by atoms with Crippen LogP contribution in [0.3, 0.4) is 0 Å². The number of fused-ring (bicyclic) bond motifs is 1. The standard InChI is InChI=1S/C28H29ClN4O/c29-24-14-12-22(13-15-24)18-33-26-11-5-4-10-25(26)31-27(33)20-32-16-6-9-23(19-32)28(34)30-17-21-7-2-1-3-8-21/h1-5,7-8,10-15,23H,6,9,16-20H2,(H,30,34)/t23-/m0/s1. The van der Waals surface area contributed by atoms with Gasteiger partial charge in [-0.25, -0.2) is 4.98 Å². The molecule has 0 aliphatic carbocycles. The van der Waals surface area contributed by atoms with Crippen molar-refractivity contribution in [2.45, 2.75) is 32.5 Å². The Morgan fingerprint density at radius 2 is 1.71 bits per heavy atom. The van der Waals surface area contributed by atoms with Crippen molar-refractivity contribution < 1.29 is 4.79 Å². The summed E-state index contributed by atoms with van der Waals surface area (Å²) in [6, 6.07) is 26.3. The Hall–Kier alpha value is -3.15. The third-order valence-electron chi connectivity index (χ3n) is 6.54. The fraction of sp³-hybridized carbons (Fsp3) is 0.286. The number of imidazole rings is 1. The average molecular weight is 473 g/mol. The van der Waals surface area contributed by atoms with Gasteiger partial charge in [-0.05, 0) is 54.8 Å². The highest BCUT2D eigenvalue weighted by Gasteiger charge is 2.27. The number of para-hydroxylation sites is 2. The smallest absolute Gasteiger partial charge is 0.224 e. The predicted octanol–water partition coefficient (Wildman–Crippen LogP) is 5.27. The number of likely N-dealkylation sites (tertiary alicyclic amines) is 1. The second kappa shape index (κ2) is 10.4. The number of halogens is 1. The van der Waals surface area contributed by atoms with Gasteiger partial charge in [-0.2, -0.15) is 0 Å². The summed E-state index contributed by atoms with van der Waals surface area (Å²) in [5.41, 5.74) is 4.44. The largest absolute Gasteiger partial charge is 0.352 e. The first-order valence-electron chi connectivity index (χ1n) is 11.9. The monoisotopic (exact) mass is 472 g/mol. The van der Waals surface area contributed by atoms with Crippen molar-refractivity contribution in [3.63, 3.8) is 0 Å². The number of carbonyl (C=O) groups excluding carboxylic acids is 1. The minimum atomic E-state index is 0.00607. The van der Waals surface area contributed by atoms with Crippen LogP contribution in [0.15, 0.2) is 78.9 Å². The number of nitrogens with one attached hydrogen (secondary N) is 1. The molecule has 5 rings (SSSR count). The average Bonchev–Trinajstić information content (AvgIpc) is 3.21. The molecule has 0 bridgehead atoms. The molecule has 0 unspecified atom stereocenters. The first kappa shape index (κ1) is 22.6. The van der Waals surface area contributed by atoms with Gasteiger partial charge >= 0.3 is 0 Å². The van der Waals surface area contributed by atoms with Crippen LogP contribution in [0.2, 0.25) is 5.02 Å². The number of aromatic nitrogens is 2. The Morgan fingerprint density at radius 3 is 2.53 bits per heavy atom. The van der Waals surface area contributed by atoms with Crippen molar-refractivity contribution >= 4 is 28.5 Å². The molecule has 1 aliphatic heterocycles. The quantitative estimate of drug-likeness (QED) is 0.399. The molecule has 1 atom stereocenters. The van der Waals surface area contributed by atoms with Gasteiger partial charge in [-0.1, -0.05) is 66.2 Å². The number of amides is 1. The maximum atomic E-state index is 12.9. The van der Waals surface area contributed by atoms with E-state index < -0.39 is 0 Å². The Morgan fingerprint density at radius 1 is 0.941 bits per heavy atom. The molecular formula is C28H29ClN4O. The number of rotatable bonds is 7. The number of benzene rings is 3. The maximum absolute atomic E-state index is 12.9. The molecule has 4 aromatic rings. The third kappa shape index (κ3) is 5.32. The molecule has 6 heteroatoms. The molecule has 34 heavy (non-hydrogen) atoms. The number of piperidine rings is 1. The number of hydrogen-bond acceptors (Lipinski definition) is 3. The van der Waals surface area contributed by atoms with Crippen molar-refractivity contribution in [2.75, 3.05) is 13.1 Å². The zero-order valence-corrected chi connectivity index (χ0v) is 19.9. The van der Waals surface area contributed by atoms with Crippen molar-refractivity contribution in [1.82, 2.24) is 19.8 Å². The summed E-state index contributed by atoms with van der Waals surface area (Å²) in [6.45, 7) is 3.77. The molecule has 1 N–H and O–H groups in total. The van der Waals surface area contributed by atoms with Gasteiger partial charge in [0.15, 0.2) is 0 Å². The van der Waals surface area contributed by atoms with Crippen molar-refractivity contribution in [3.05, 3.63) is 101 Å². The molecule has 2 heterocycles. The van der Waals surface area contributed by atoms with E-state index in [1.807, 2.05) is 48.5 Å². The normalized spacial score (nSPS) is 16.6. The first-order chi connectivity index (χ1) is 16.7. The first-order valence-corrected chi connectivity index (χ1v) is 12.3. The van der Waals surface area contributed by atoms with Gasteiger partial charge in [0.05, 0.1) is 23.5 Å². The molecule has 3 aromatic carbocycles. The summed E-state index contributed by atoms with van der Waals surface area (Å²) >= 11 is 6.09. The van der Waals surface area contributed by atoms with Gasteiger partial charge in [-0.3, -0.25) is 9.69 Å². The van der Waals surface area contributed by atoms with E-state index in [1.54, 1.807) is 0 Å². The molecule has 5 nitrogen and oxygen atoms in total. The Labute approximate surface area is 205 Å². The zero-order valence-electron chi connectivity index (χ0n) is 19.2. The predicted molar refractivity (Wildman–Crippen MR) is 137 cm³/mol.